The number of nitrogens with one attached hydrogen (secondary N) is 2. The summed E-state index contributed by atoms with van der Waals surface area (Å²) in [7, 11) is 0. The van der Waals surface area contributed by atoms with Crippen LogP contribution in [0.2, 0.25) is 0 Å². The Balaban J connectivity index is 3.62. The molecule has 0 bridgehead atoms. The molecule has 88 valence electrons. The van der Waals surface area contributed by atoms with Gasteiger partial charge in [-0.05, 0) is 20.3 Å². The Bertz CT molecular complexity index is 221. The molecule has 2 amide bonds. The minimum absolute atomic E-state index is 0.0227. The van der Waals surface area contributed by atoms with Crippen molar-refractivity contribution in [2.24, 2.45) is 5.73 Å². The zero-order valence-corrected chi connectivity index (χ0v) is 9.72. The summed E-state index contributed by atoms with van der Waals surface area (Å²) in [5.41, 5.74) is 5.26. The molecule has 0 atom stereocenters. The molecule has 0 radical (unpaired) electrons. The lowest BCUT2D eigenvalue weighted by Crippen LogP contribution is -2.47. The van der Waals surface area contributed by atoms with Gasteiger partial charge in [-0.15, -0.1) is 0 Å². The molecular formula is C10H21N3O2. The third-order valence-corrected chi connectivity index (χ3v) is 1.66. The van der Waals surface area contributed by atoms with Gasteiger partial charge in [-0.1, -0.05) is 6.92 Å². The van der Waals surface area contributed by atoms with Gasteiger partial charge in [-0.25, -0.2) is 0 Å². The summed E-state index contributed by atoms with van der Waals surface area (Å²) in [4.78, 5) is 22.2. The molecule has 0 rings (SSSR count). The van der Waals surface area contributed by atoms with Gasteiger partial charge < -0.3 is 16.4 Å². The van der Waals surface area contributed by atoms with Gasteiger partial charge in [0.25, 0.3) is 0 Å². The van der Waals surface area contributed by atoms with Crippen molar-refractivity contribution in [3.8, 4) is 0 Å². The monoisotopic (exact) mass is 215 g/mol. The van der Waals surface area contributed by atoms with Crippen molar-refractivity contribution in [2.75, 3.05) is 13.1 Å². The molecule has 5 heteroatoms. The van der Waals surface area contributed by atoms with E-state index in [0.717, 1.165) is 6.42 Å². The lowest BCUT2D eigenvalue weighted by Gasteiger charge is -2.18. The van der Waals surface area contributed by atoms with Crippen LogP contribution in [0.5, 0.6) is 0 Å². The van der Waals surface area contributed by atoms with Crippen molar-refractivity contribution in [2.45, 2.75) is 39.2 Å². The maximum Gasteiger partial charge on any atom is 0.239 e. The molecule has 0 aliphatic rings. The van der Waals surface area contributed by atoms with Crippen LogP contribution in [0.4, 0.5) is 0 Å². The first-order valence-electron chi connectivity index (χ1n) is 5.17. The van der Waals surface area contributed by atoms with Crippen LogP contribution >= 0.6 is 0 Å². The summed E-state index contributed by atoms with van der Waals surface area (Å²) >= 11 is 0. The van der Waals surface area contributed by atoms with Crippen LogP contribution in [-0.4, -0.2) is 30.4 Å². The summed E-state index contributed by atoms with van der Waals surface area (Å²) in [6.07, 6.45) is 1.24. The number of nitrogens with two attached hydrogens (primary N) is 1. The van der Waals surface area contributed by atoms with Crippen molar-refractivity contribution in [1.82, 2.24) is 10.6 Å². The summed E-state index contributed by atoms with van der Waals surface area (Å²) in [6, 6.07) is 0. The van der Waals surface area contributed by atoms with E-state index in [1.165, 1.54) is 0 Å². The lowest BCUT2D eigenvalue weighted by molar-refractivity contribution is -0.126. The fourth-order valence-electron chi connectivity index (χ4n) is 0.883. The first kappa shape index (κ1) is 13.9. The quantitative estimate of drug-likeness (QED) is 0.571. The average Bonchev–Trinajstić information content (AvgIpc) is 2.11. The summed E-state index contributed by atoms with van der Waals surface area (Å²) in [6.45, 7) is 5.98. The van der Waals surface area contributed by atoms with Crippen molar-refractivity contribution >= 4 is 11.8 Å². The predicted octanol–water partition coefficient (Wildman–Crippen LogP) is -0.244. The first-order chi connectivity index (χ1) is 6.85. The fraction of sp³-hybridized carbons (Fsp3) is 0.800. The smallest absolute Gasteiger partial charge is 0.239 e. The molecule has 0 unspecified atom stereocenters. The topological polar surface area (TPSA) is 84.2 Å². The van der Waals surface area contributed by atoms with Crippen LogP contribution in [0, 0.1) is 0 Å². The molecule has 4 N–H and O–H groups in total. The normalized spacial score (nSPS) is 10.9. The molecule has 0 heterocycles. The molecule has 0 aliphatic heterocycles. The van der Waals surface area contributed by atoms with Gasteiger partial charge >= 0.3 is 0 Å². The number of rotatable bonds is 6. The van der Waals surface area contributed by atoms with Crippen LogP contribution in [0.3, 0.4) is 0 Å². The minimum atomic E-state index is -0.427. The van der Waals surface area contributed by atoms with Crippen molar-refractivity contribution in [1.29, 1.82) is 0 Å². The van der Waals surface area contributed by atoms with Gasteiger partial charge in [0, 0.05) is 18.5 Å². The highest BCUT2D eigenvalue weighted by atomic mass is 16.2. The highest BCUT2D eigenvalue weighted by Gasteiger charge is 2.12. The number of hydrogen-bond acceptors (Lipinski definition) is 3. The molecule has 0 aromatic carbocycles. The number of hydrogen-bond donors (Lipinski definition) is 3. The molecule has 0 spiro atoms. The highest BCUT2D eigenvalue weighted by Crippen LogP contribution is 1.92. The van der Waals surface area contributed by atoms with Gasteiger partial charge in [-0.3, -0.25) is 9.59 Å². The van der Waals surface area contributed by atoms with Crippen LogP contribution in [0.1, 0.15) is 33.6 Å². The number of carbonyl (C=O) groups excluding carboxylic acids is 2. The van der Waals surface area contributed by atoms with Crippen molar-refractivity contribution in [3.63, 3.8) is 0 Å². The van der Waals surface area contributed by atoms with Gasteiger partial charge in [-0.2, -0.15) is 0 Å². The first-order valence-corrected chi connectivity index (χ1v) is 5.17. The van der Waals surface area contributed by atoms with Crippen molar-refractivity contribution < 1.29 is 9.59 Å². The molecule has 0 aromatic rings. The summed E-state index contributed by atoms with van der Waals surface area (Å²) in [5.74, 6) is -0.308. The van der Waals surface area contributed by atoms with E-state index in [1.54, 1.807) is 0 Å². The van der Waals surface area contributed by atoms with Crippen LogP contribution < -0.4 is 16.4 Å². The molecule has 0 saturated heterocycles. The second-order valence-electron chi connectivity index (χ2n) is 4.29. The third-order valence-electron chi connectivity index (χ3n) is 1.66. The maximum absolute atomic E-state index is 11.2. The van der Waals surface area contributed by atoms with Crippen LogP contribution in [0.25, 0.3) is 0 Å². The maximum atomic E-state index is 11.2. The molecule has 0 aliphatic carbocycles. The summed E-state index contributed by atoms with van der Waals surface area (Å²) in [5, 5.41) is 5.17. The van der Waals surface area contributed by atoms with E-state index in [-0.39, 0.29) is 18.4 Å². The number of amides is 2. The predicted molar refractivity (Wildman–Crippen MR) is 59.2 cm³/mol. The van der Waals surface area contributed by atoms with E-state index >= 15 is 0 Å². The molecular weight excluding hydrogens is 194 g/mol. The standard InChI is InChI=1S/C10H21N3O2/c1-4-5-8(14)12-6-9(15)13-7-10(2,3)11/h4-7,11H2,1-3H3,(H,12,14)(H,13,15). The SMILES string of the molecule is CCCC(=O)NCC(=O)NCC(C)(C)N. The number of carbonyl (C=O) groups is 2. The lowest BCUT2D eigenvalue weighted by atomic mass is 10.1. The Morgan fingerprint density at radius 2 is 1.80 bits per heavy atom. The van der Waals surface area contributed by atoms with Gasteiger partial charge in [0.1, 0.15) is 0 Å². The van der Waals surface area contributed by atoms with Crippen LogP contribution in [-0.2, 0) is 9.59 Å². The Morgan fingerprint density at radius 1 is 1.20 bits per heavy atom. The minimum Gasteiger partial charge on any atom is -0.353 e. The second-order valence-corrected chi connectivity index (χ2v) is 4.29. The Morgan fingerprint density at radius 3 is 2.27 bits per heavy atom. The van der Waals surface area contributed by atoms with Gasteiger partial charge in [0.15, 0.2) is 0 Å². The van der Waals surface area contributed by atoms with Gasteiger partial charge in [0.05, 0.1) is 6.54 Å². The van der Waals surface area contributed by atoms with E-state index in [1.807, 2.05) is 20.8 Å². The molecule has 5 nitrogen and oxygen atoms in total. The zero-order chi connectivity index (χ0) is 11.9. The molecule has 0 fully saturated rings. The van der Waals surface area contributed by atoms with Crippen molar-refractivity contribution in [3.05, 3.63) is 0 Å². The molecule has 0 aromatic heterocycles. The van der Waals surface area contributed by atoms with E-state index in [4.69, 9.17) is 5.73 Å². The third kappa shape index (κ3) is 9.21. The van der Waals surface area contributed by atoms with E-state index < -0.39 is 5.54 Å². The van der Waals surface area contributed by atoms with E-state index in [9.17, 15) is 9.59 Å². The fourth-order valence-corrected chi connectivity index (χ4v) is 0.883. The van der Waals surface area contributed by atoms with Gasteiger partial charge in [0.2, 0.25) is 11.8 Å². The summed E-state index contributed by atoms with van der Waals surface area (Å²) < 4.78 is 0. The van der Waals surface area contributed by atoms with E-state index in [2.05, 4.69) is 10.6 Å². The molecule has 15 heavy (non-hydrogen) atoms. The second kappa shape index (κ2) is 6.40. The Labute approximate surface area is 90.8 Å². The Hall–Kier alpha value is -1.10. The molecule has 0 saturated carbocycles. The highest BCUT2D eigenvalue weighted by molar-refractivity contribution is 5.84. The average molecular weight is 215 g/mol. The van der Waals surface area contributed by atoms with Crippen LogP contribution in [0.15, 0.2) is 0 Å². The zero-order valence-electron chi connectivity index (χ0n) is 9.72. The Kier molecular flexibility index (Phi) is 5.93. The van der Waals surface area contributed by atoms with E-state index in [0.29, 0.717) is 13.0 Å². The largest absolute Gasteiger partial charge is 0.353 e.